The molecular formula is C18H33N3O. The Balaban J connectivity index is 1.42. The highest BCUT2D eigenvalue weighted by Crippen LogP contribution is 2.26. The standard InChI is InChI=1S/C18H33N3O/c1-14(18(22)20-16-6-3-2-4-7-16)21-12-9-15(10-13-21)17-8-5-11-19-17/h14-17,19H,2-13H2,1H3,(H,20,22). The van der Waals surface area contributed by atoms with Gasteiger partial charge in [0, 0.05) is 12.1 Å². The van der Waals surface area contributed by atoms with Crippen LogP contribution in [0.25, 0.3) is 0 Å². The van der Waals surface area contributed by atoms with Gasteiger partial charge in [0.05, 0.1) is 6.04 Å². The van der Waals surface area contributed by atoms with Crippen LogP contribution in [-0.2, 0) is 4.79 Å². The predicted molar refractivity (Wildman–Crippen MR) is 89.8 cm³/mol. The Bertz CT molecular complexity index is 353. The second kappa shape index (κ2) is 7.78. The van der Waals surface area contributed by atoms with Gasteiger partial charge in [-0.25, -0.2) is 0 Å². The molecule has 2 saturated heterocycles. The quantitative estimate of drug-likeness (QED) is 0.837. The first-order chi connectivity index (χ1) is 10.7. The monoisotopic (exact) mass is 307 g/mol. The Labute approximate surface area is 135 Å². The Morgan fingerprint density at radius 1 is 1.05 bits per heavy atom. The molecule has 0 bridgehead atoms. The molecule has 22 heavy (non-hydrogen) atoms. The summed E-state index contributed by atoms with van der Waals surface area (Å²) < 4.78 is 0. The first kappa shape index (κ1) is 16.3. The summed E-state index contributed by atoms with van der Waals surface area (Å²) in [5, 5.41) is 6.94. The lowest BCUT2D eigenvalue weighted by molar-refractivity contribution is -0.127. The summed E-state index contributed by atoms with van der Waals surface area (Å²) in [4.78, 5) is 14.9. The van der Waals surface area contributed by atoms with Gasteiger partial charge in [-0.15, -0.1) is 0 Å². The van der Waals surface area contributed by atoms with Crippen LogP contribution < -0.4 is 10.6 Å². The van der Waals surface area contributed by atoms with Gasteiger partial charge in [-0.3, -0.25) is 9.69 Å². The molecule has 1 aliphatic carbocycles. The largest absolute Gasteiger partial charge is 0.352 e. The van der Waals surface area contributed by atoms with E-state index >= 15 is 0 Å². The molecule has 3 fully saturated rings. The lowest BCUT2D eigenvalue weighted by atomic mass is 9.88. The van der Waals surface area contributed by atoms with Crippen LogP contribution in [-0.4, -0.2) is 48.6 Å². The van der Waals surface area contributed by atoms with Crippen LogP contribution in [0.4, 0.5) is 0 Å². The number of nitrogens with one attached hydrogen (secondary N) is 2. The molecule has 0 spiro atoms. The molecule has 2 atom stereocenters. The Morgan fingerprint density at radius 2 is 1.77 bits per heavy atom. The number of hydrogen-bond acceptors (Lipinski definition) is 3. The SMILES string of the molecule is CC(C(=O)NC1CCCCC1)N1CCC(C2CCCN2)CC1. The third-order valence-corrected chi connectivity index (χ3v) is 6.12. The Morgan fingerprint density at radius 3 is 2.41 bits per heavy atom. The molecule has 4 nitrogen and oxygen atoms in total. The van der Waals surface area contributed by atoms with E-state index in [-0.39, 0.29) is 11.9 Å². The number of piperidine rings is 1. The molecule has 126 valence electrons. The number of amides is 1. The van der Waals surface area contributed by atoms with Crippen molar-refractivity contribution in [2.75, 3.05) is 19.6 Å². The lowest BCUT2D eigenvalue weighted by Crippen LogP contribution is -2.52. The minimum absolute atomic E-state index is 0.0411. The van der Waals surface area contributed by atoms with Crippen molar-refractivity contribution in [2.24, 2.45) is 5.92 Å². The van der Waals surface area contributed by atoms with Crippen LogP contribution >= 0.6 is 0 Å². The van der Waals surface area contributed by atoms with Crippen molar-refractivity contribution in [3.8, 4) is 0 Å². The third kappa shape index (κ3) is 4.02. The molecule has 0 aromatic carbocycles. The fourth-order valence-electron chi connectivity index (χ4n) is 4.56. The first-order valence-corrected chi connectivity index (χ1v) is 9.52. The highest BCUT2D eigenvalue weighted by atomic mass is 16.2. The number of hydrogen-bond donors (Lipinski definition) is 2. The van der Waals surface area contributed by atoms with Crippen LogP contribution in [0.5, 0.6) is 0 Å². The van der Waals surface area contributed by atoms with Crippen molar-refractivity contribution in [1.82, 2.24) is 15.5 Å². The van der Waals surface area contributed by atoms with E-state index in [2.05, 4.69) is 22.5 Å². The topological polar surface area (TPSA) is 44.4 Å². The zero-order valence-corrected chi connectivity index (χ0v) is 14.2. The normalized spacial score (nSPS) is 30.3. The highest BCUT2D eigenvalue weighted by Gasteiger charge is 2.32. The van der Waals surface area contributed by atoms with Gasteiger partial charge in [-0.05, 0) is 71.0 Å². The minimum atomic E-state index is 0.0411. The van der Waals surface area contributed by atoms with Crippen molar-refractivity contribution in [2.45, 2.75) is 82.8 Å². The second-order valence-electron chi connectivity index (χ2n) is 7.60. The summed E-state index contributed by atoms with van der Waals surface area (Å²) in [5.74, 6) is 1.08. The first-order valence-electron chi connectivity index (χ1n) is 9.52. The fourth-order valence-corrected chi connectivity index (χ4v) is 4.56. The molecule has 1 saturated carbocycles. The van der Waals surface area contributed by atoms with Crippen LogP contribution in [0.3, 0.4) is 0 Å². The average Bonchev–Trinajstić information content (AvgIpc) is 3.10. The van der Waals surface area contributed by atoms with Crippen LogP contribution in [0.2, 0.25) is 0 Å². The maximum Gasteiger partial charge on any atom is 0.237 e. The van der Waals surface area contributed by atoms with Gasteiger partial charge in [0.1, 0.15) is 0 Å². The third-order valence-electron chi connectivity index (χ3n) is 6.12. The highest BCUT2D eigenvalue weighted by molar-refractivity contribution is 5.81. The summed E-state index contributed by atoms with van der Waals surface area (Å²) in [6, 6.07) is 1.22. The molecule has 0 aromatic rings. The molecule has 0 radical (unpaired) electrons. The molecule has 2 aliphatic heterocycles. The van der Waals surface area contributed by atoms with Crippen molar-refractivity contribution in [1.29, 1.82) is 0 Å². The molecule has 2 N–H and O–H groups in total. The van der Waals surface area contributed by atoms with Gasteiger partial charge >= 0.3 is 0 Å². The summed E-state index contributed by atoms with van der Waals surface area (Å²) >= 11 is 0. The maximum atomic E-state index is 12.5. The Hall–Kier alpha value is -0.610. The zero-order valence-electron chi connectivity index (χ0n) is 14.2. The second-order valence-corrected chi connectivity index (χ2v) is 7.60. The summed E-state index contributed by atoms with van der Waals surface area (Å²) in [7, 11) is 0. The van der Waals surface area contributed by atoms with Gasteiger partial charge in [-0.1, -0.05) is 19.3 Å². The van der Waals surface area contributed by atoms with Crippen molar-refractivity contribution >= 4 is 5.91 Å². The number of rotatable bonds is 4. The minimum Gasteiger partial charge on any atom is -0.352 e. The smallest absolute Gasteiger partial charge is 0.237 e. The van der Waals surface area contributed by atoms with E-state index in [0.29, 0.717) is 6.04 Å². The fraction of sp³-hybridized carbons (Fsp3) is 0.944. The van der Waals surface area contributed by atoms with Crippen LogP contribution in [0.15, 0.2) is 0 Å². The summed E-state index contributed by atoms with van der Waals surface area (Å²) in [6.45, 7) is 5.46. The number of likely N-dealkylation sites (tertiary alicyclic amines) is 1. The van der Waals surface area contributed by atoms with Crippen LogP contribution in [0.1, 0.15) is 64.7 Å². The van der Waals surface area contributed by atoms with Gasteiger partial charge < -0.3 is 10.6 Å². The predicted octanol–water partition coefficient (Wildman–Crippen LogP) is 2.29. The molecule has 1 amide bonds. The Kier molecular flexibility index (Phi) is 5.75. The van der Waals surface area contributed by atoms with Gasteiger partial charge in [0.25, 0.3) is 0 Å². The number of carbonyl (C=O) groups is 1. The van der Waals surface area contributed by atoms with Gasteiger partial charge in [0.2, 0.25) is 5.91 Å². The van der Waals surface area contributed by atoms with Gasteiger partial charge in [0.15, 0.2) is 0 Å². The van der Waals surface area contributed by atoms with E-state index < -0.39 is 0 Å². The number of nitrogens with zero attached hydrogens (tertiary/aromatic N) is 1. The average molecular weight is 307 g/mol. The molecule has 2 heterocycles. The van der Waals surface area contributed by atoms with E-state index in [1.807, 2.05) is 0 Å². The zero-order chi connectivity index (χ0) is 15.4. The number of carbonyl (C=O) groups excluding carboxylic acids is 1. The molecule has 0 aromatic heterocycles. The van der Waals surface area contributed by atoms with Crippen LogP contribution in [0, 0.1) is 5.92 Å². The van der Waals surface area contributed by atoms with E-state index in [0.717, 1.165) is 25.0 Å². The summed E-state index contributed by atoms with van der Waals surface area (Å²) in [5.41, 5.74) is 0. The van der Waals surface area contributed by atoms with Crippen molar-refractivity contribution in [3.05, 3.63) is 0 Å². The van der Waals surface area contributed by atoms with E-state index in [4.69, 9.17) is 0 Å². The van der Waals surface area contributed by atoms with Gasteiger partial charge in [-0.2, -0.15) is 0 Å². The molecule has 3 aliphatic rings. The van der Waals surface area contributed by atoms with E-state index in [9.17, 15) is 4.79 Å². The molecule has 4 heteroatoms. The molecular weight excluding hydrogens is 274 g/mol. The summed E-state index contributed by atoms with van der Waals surface area (Å²) in [6.07, 6.45) is 11.4. The lowest BCUT2D eigenvalue weighted by Gasteiger charge is -2.38. The van der Waals surface area contributed by atoms with Crippen molar-refractivity contribution in [3.63, 3.8) is 0 Å². The van der Waals surface area contributed by atoms with E-state index in [1.54, 1.807) is 0 Å². The maximum absolute atomic E-state index is 12.5. The van der Waals surface area contributed by atoms with Crippen molar-refractivity contribution < 1.29 is 4.79 Å². The van der Waals surface area contributed by atoms with E-state index in [1.165, 1.54) is 64.3 Å². The molecule has 3 rings (SSSR count). The molecule has 2 unspecified atom stereocenters.